The van der Waals surface area contributed by atoms with Gasteiger partial charge in [-0.25, -0.2) is 0 Å². The van der Waals surface area contributed by atoms with Crippen molar-refractivity contribution in [2.45, 2.75) is 136 Å². The molecule has 0 aliphatic heterocycles. The van der Waals surface area contributed by atoms with E-state index >= 15 is 0 Å². The minimum absolute atomic E-state index is 0.0195. The van der Waals surface area contributed by atoms with Crippen molar-refractivity contribution < 1.29 is 13.6 Å². The molecule has 46 heavy (non-hydrogen) atoms. The minimum atomic E-state index is -2.60. The van der Waals surface area contributed by atoms with Crippen molar-refractivity contribution in [1.29, 1.82) is 0 Å². The number of hydrogen-bond acceptors (Lipinski definition) is 3. The fourth-order valence-corrected chi connectivity index (χ4v) is 16.1. The van der Waals surface area contributed by atoms with Crippen molar-refractivity contribution in [3.8, 4) is 0 Å². The number of Topliss-reactive ketones (excluding diaryl/α,β-unsaturated/α-hetero) is 1. The van der Waals surface area contributed by atoms with Crippen molar-refractivity contribution in [3.05, 3.63) is 72.3 Å². The van der Waals surface area contributed by atoms with E-state index in [-0.39, 0.29) is 33.1 Å². The zero-order chi connectivity index (χ0) is 33.3. The van der Waals surface area contributed by atoms with Gasteiger partial charge in [0.1, 0.15) is 6.10 Å². The van der Waals surface area contributed by atoms with E-state index in [0.29, 0.717) is 23.5 Å². The van der Waals surface area contributed by atoms with Crippen molar-refractivity contribution in [2.75, 3.05) is 0 Å². The quantitative estimate of drug-likeness (QED) is 0.230. The summed E-state index contributed by atoms with van der Waals surface area (Å²) in [5, 5.41) is 2.82. The van der Waals surface area contributed by atoms with Gasteiger partial charge >= 0.3 is 0 Å². The van der Waals surface area contributed by atoms with E-state index in [1.807, 2.05) is 0 Å². The van der Waals surface area contributed by atoms with Crippen LogP contribution in [-0.2, 0) is 13.6 Å². The second-order valence-corrected chi connectivity index (χ2v) is 27.3. The molecular weight excluding hydrogens is 597 g/mol. The standard InChI is InChI=1S/C41H60O3Si2/c1-38(2,3)45(9,10)44-36-28-35-33-22-21-29-27-30(23-25-40(29,7)34(33)24-26-41(35,8)37(36)42)43-46(39(4,5)6,31-17-13-11-14-18-31)32-19-15-12-16-20-32/h11-21,30,33-36H,22-28H2,1-10H3/t30-,33+,34-,35-,36+,40-,41-/m0/s1. The Morgan fingerprint density at radius 1 is 0.739 bits per heavy atom. The lowest BCUT2D eigenvalue weighted by Crippen LogP contribution is -2.68. The van der Waals surface area contributed by atoms with Gasteiger partial charge in [0.15, 0.2) is 14.1 Å². The van der Waals surface area contributed by atoms with Gasteiger partial charge in [0.05, 0.1) is 0 Å². The van der Waals surface area contributed by atoms with Gasteiger partial charge in [-0.1, -0.05) is 128 Å². The number of carbonyl (C=O) groups excluding carboxylic acids is 1. The summed E-state index contributed by atoms with van der Waals surface area (Å²) in [7, 11) is -4.63. The summed E-state index contributed by atoms with van der Waals surface area (Å²) in [5.41, 5.74) is 1.58. The molecule has 3 nitrogen and oxygen atoms in total. The first-order chi connectivity index (χ1) is 21.4. The molecule has 4 aliphatic rings. The summed E-state index contributed by atoms with van der Waals surface area (Å²) >= 11 is 0. The van der Waals surface area contributed by atoms with E-state index in [4.69, 9.17) is 8.85 Å². The Morgan fingerprint density at radius 2 is 1.30 bits per heavy atom. The highest BCUT2D eigenvalue weighted by molar-refractivity contribution is 6.99. The molecule has 3 fully saturated rings. The summed E-state index contributed by atoms with van der Waals surface area (Å²) < 4.78 is 14.5. The lowest BCUT2D eigenvalue weighted by molar-refractivity contribution is -0.136. The maximum atomic E-state index is 14.1. The number of rotatable bonds is 6. The monoisotopic (exact) mass is 656 g/mol. The molecule has 5 heteroatoms. The molecule has 250 valence electrons. The van der Waals surface area contributed by atoms with E-state index in [1.165, 1.54) is 16.8 Å². The van der Waals surface area contributed by atoms with Crippen LogP contribution in [0, 0.1) is 28.6 Å². The van der Waals surface area contributed by atoms with Gasteiger partial charge < -0.3 is 8.85 Å². The SMILES string of the molecule is CC(C)(C)[Si](C)(C)O[C@@H]1C[C@H]2[C@@H]3CC=C4C[C@@H](O[Si](c5ccccc5)(c5ccccc5)C(C)(C)C)CC[C@]4(C)[C@H]3CC[C@]2(C)C1=O. The average molecular weight is 657 g/mol. The normalized spacial score (nSPS) is 33.6. The van der Waals surface area contributed by atoms with Gasteiger partial charge in [-0.05, 0) is 102 Å². The number of hydrogen-bond donors (Lipinski definition) is 0. The number of fused-ring (bicyclic) bond motifs is 5. The molecule has 0 heterocycles. The first-order valence-corrected chi connectivity index (χ1v) is 23.0. The topological polar surface area (TPSA) is 35.5 Å². The lowest BCUT2D eigenvalue weighted by Gasteiger charge is -2.57. The molecule has 2 aromatic rings. The van der Waals surface area contributed by atoms with Crippen molar-refractivity contribution in [2.24, 2.45) is 28.6 Å². The summed E-state index contributed by atoms with van der Waals surface area (Å²) in [4.78, 5) is 14.1. The van der Waals surface area contributed by atoms with E-state index in [0.717, 1.165) is 38.5 Å². The molecular formula is C41H60O3Si2. The lowest BCUT2D eigenvalue weighted by atomic mass is 9.48. The van der Waals surface area contributed by atoms with E-state index < -0.39 is 16.6 Å². The highest BCUT2D eigenvalue weighted by Gasteiger charge is 2.62. The Labute approximate surface area is 282 Å². The predicted molar refractivity (Wildman–Crippen MR) is 197 cm³/mol. The zero-order valence-corrected chi connectivity index (χ0v) is 32.4. The van der Waals surface area contributed by atoms with Crippen LogP contribution >= 0.6 is 0 Å². The third-order valence-electron chi connectivity index (χ3n) is 13.8. The Kier molecular flexibility index (Phi) is 8.65. The summed E-state index contributed by atoms with van der Waals surface area (Å²) in [6, 6.07) is 22.2. The third-order valence-corrected chi connectivity index (χ3v) is 23.4. The first kappa shape index (κ1) is 34.1. The number of benzene rings is 2. The van der Waals surface area contributed by atoms with Crippen molar-refractivity contribution in [1.82, 2.24) is 0 Å². The van der Waals surface area contributed by atoms with E-state index in [2.05, 4.69) is 135 Å². The Morgan fingerprint density at radius 3 is 1.85 bits per heavy atom. The maximum absolute atomic E-state index is 14.1. The average Bonchev–Trinajstić information content (AvgIpc) is 3.24. The summed E-state index contributed by atoms with van der Waals surface area (Å²) in [6.07, 6.45) is 10.1. The molecule has 7 atom stereocenters. The molecule has 0 N–H and O–H groups in total. The van der Waals surface area contributed by atoms with Gasteiger partial charge in [-0.3, -0.25) is 4.79 Å². The van der Waals surface area contributed by atoms with Crippen LogP contribution < -0.4 is 10.4 Å². The molecule has 6 rings (SSSR count). The molecule has 0 spiro atoms. The molecule has 0 bridgehead atoms. The molecule has 0 amide bonds. The second-order valence-electron chi connectivity index (χ2n) is 18.3. The first-order valence-electron chi connectivity index (χ1n) is 18.1. The molecule has 0 saturated heterocycles. The molecule has 2 aromatic carbocycles. The van der Waals surface area contributed by atoms with Gasteiger partial charge in [-0.2, -0.15) is 0 Å². The van der Waals surface area contributed by atoms with Gasteiger partial charge in [-0.15, -0.1) is 0 Å². The van der Waals surface area contributed by atoms with Gasteiger partial charge in [0, 0.05) is 11.5 Å². The largest absolute Gasteiger partial charge is 0.407 e. The fourth-order valence-electron chi connectivity index (χ4n) is 10.1. The van der Waals surface area contributed by atoms with Crippen LogP contribution in [0.3, 0.4) is 0 Å². The fraction of sp³-hybridized carbons (Fsp3) is 0.634. The maximum Gasteiger partial charge on any atom is 0.261 e. The minimum Gasteiger partial charge on any atom is -0.407 e. The van der Waals surface area contributed by atoms with E-state index in [9.17, 15) is 4.79 Å². The Balaban J connectivity index is 1.27. The number of allylic oxidation sites excluding steroid dienone is 1. The molecule has 0 unspecified atom stereocenters. The van der Waals surface area contributed by atoms with Crippen LogP contribution in [0.4, 0.5) is 0 Å². The molecule has 3 saturated carbocycles. The zero-order valence-electron chi connectivity index (χ0n) is 30.4. The summed E-state index contributed by atoms with van der Waals surface area (Å²) in [5.74, 6) is 2.04. The second kappa shape index (κ2) is 11.7. The van der Waals surface area contributed by atoms with Crippen LogP contribution in [-0.4, -0.2) is 34.6 Å². The van der Waals surface area contributed by atoms with Gasteiger partial charge in [0.2, 0.25) is 0 Å². The van der Waals surface area contributed by atoms with Crippen LogP contribution in [0.5, 0.6) is 0 Å². The Hall–Kier alpha value is -1.80. The smallest absolute Gasteiger partial charge is 0.261 e. The summed E-state index contributed by atoms with van der Waals surface area (Å²) in [6.45, 7) is 23.5. The number of carbonyl (C=O) groups is 1. The van der Waals surface area contributed by atoms with Crippen LogP contribution in [0.25, 0.3) is 0 Å². The van der Waals surface area contributed by atoms with Crippen LogP contribution in [0.2, 0.25) is 23.2 Å². The number of ketones is 1. The third kappa shape index (κ3) is 5.40. The Bertz CT molecular complexity index is 1410. The van der Waals surface area contributed by atoms with Crippen molar-refractivity contribution in [3.63, 3.8) is 0 Å². The predicted octanol–water partition coefficient (Wildman–Crippen LogP) is 9.46. The van der Waals surface area contributed by atoms with Crippen molar-refractivity contribution >= 4 is 32.8 Å². The highest BCUT2D eigenvalue weighted by atomic mass is 28.4. The highest BCUT2D eigenvalue weighted by Crippen LogP contribution is 2.65. The van der Waals surface area contributed by atoms with Crippen LogP contribution in [0.15, 0.2) is 72.3 Å². The molecule has 0 aromatic heterocycles. The molecule has 0 radical (unpaired) electrons. The molecule has 4 aliphatic carbocycles. The van der Waals surface area contributed by atoms with E-state index in [1.54, 1.807) is 5.57 Å². The van der Waals surface area contributed by atoms with Gasteiger partial charge in [0.25, 0.3) is 8.32 Å². The van der Waals surface area contributed by atoms with Crippen LogP contribution in [0.1, 0.15) is 100 Å².